The van der Waals surface area contributed by atoms with Crippen molar-refractivity contribution in [1.82, 2.24) is 0 Å². The van der Waals surface area contributed by atoms with Crippen LogP contribution in [0.1, 0.15) is 12.0 Å². The number of hydrogen-bond donors (Lipinski definition) is 1. The second-order valence-electron chi connectivity index (χ2n) is 6.46. The number of ether oxygens (including phenoxy) is 1. The summed E-state index contributed by atoms with van der Waals surface area (Å²) in [5.74, 6) is -0.381. The van der Waals surface area contributed by atoms with Crippen LogP contribution in [0, 0.1) is 12.5 Å². The second-order valence-corrected chi connectivity index (χ2v) is 8.47. The Kier molecular flexibility index (Phi) is 3.39. The molecule has 1 aromatic rings. The van der Waals surface area contributed by atoms with Crippen LogP contribution in [0.15, 0.2) is 18.2 Å². The third kappa shape index (κ3) is 2.26. The monoisotopic (exact) mass is 374 g/mol. The van der Waals surface area contributed by atoms with Crippen LogP contribution in [0.3, 0.4) is 0 Å². The summed E-state index contributed by atoms with van der Waals surface area (Å²) in [6.07, 6.45) is -6.55. The van der Waals surface area contributed by atoms with E-state index in [4.69, 9.17) is 11.3 Å². The lowest BCUT2D eigenvalue weighted by Crippen LogP contribution is -2.42. The lowest BCUT2D eigenvalue weighted by molar-refractivity contribution is -0.136. The van der Waals surface area contributed by atoms with E-state index in [1.54, 1.807) is 0 Å². The maximum atomic E-state index is 13.1. The third-order valence-corrected chi connectivity index (χ3v) is 7.41. The highest BCUT2D eigenvalue weighted by Gasteiger charge is 2.64. The van der Waals surface area contributed by atoms with E-state index < -0.39 is 51.0 Å². The lowest BCUT2D eigenvalue weighted by Gasteiger charge is -2.23. The van der Waals surface area contributed by atoms with Gasteiger partial charge in [-0.25, -0.2) is 13.3 Å². The van der Waals surface area contributed by atoms with E-state index in [0.29, 0.717) is 12.5 Å². The van der Waals surface area contributed by atoms with Crippen molar-refractivity contribution < 1.29 is 31.4 Å². The van der Waals surface area contributed by atoms with Crippen molar-refractivity contribution in [3.8, 4) is 0 Å². The number of alkyl halides is 3. The zero-order valence-corrected chi connectivity index (χ0v) is 13.5. The predicted molar refractivity (Wildman–Crippen MR) is 80.5 cm³/mol. The molecule has 0 amide bonds. The fourth-order valence-electron chi connectivity index (χ4n) is 4.06. The quantitative estimate of drug-likeness (QED) is 0.763. The number of rotatable bonds is 1. The number of sulfonamides is 1. The molecule has 10 heteroatoms. The van der Waals surface area contributed by atoms with E-state index in [1.165, 1.54) is 6.07 Å². The molecule has 3 heterocycles. The molecule has 0 radical (unpaired) electrons. The lowest BCUT2D eigenvalue weighted by atomic mass is 9.87. The van der Waals surface area contributed by atoms with E-state index >= 15 is 0 Å². The smallest absolute Gasteiger partial charge is 0.390 e. The van der Waals surface area contributed by atoms with Crippen molar-refractivity contribution in [2.45, 2.75) is 36.2 Å². The van der Waals surface area contributed by atoms with Gasteiger partial charge < -0.3 is 9.84 Å². The van der Waals surface area contributed by atoms with Gasteiger partial charge in [0, 0.05) is 24.6 Å². The number of aliphatic hydroxyl groups is 1. The van der Waals surface area contributed by atoms with Gasteiger partial charge in [-0.1, -0.05) is 6.07 Å². The molecule has 5 atom stereocenters. The number of benzene rings is 1. The van der Waals surface area contributed by atoms with Gasteiger partial charge in [-0.05, 0) is 12.1 Å². The zero-order valence-electron chi connectivity index (χ0n) is 12.6. The van der Waals surface area contributed by atoms with E-state index in [2.05, 4.69) is 4.85 Å². The summed E-state index contributed by atoms with van der Waals surface area (Å²) < 4.78 is 71.5. The van der Waals surface area contributed by atoms with Gasteiger partial charge in [0.2, 0.25) is 10.0 Å². The summed E-state index contributed by atoms with van der Waals surface area (Å²) in [5, 5.41) is 8.94. The highest BCUT2D eigenvalue weighted by atomic mass is 32.2. The molecule has 2 bridgehead atoms. The number of halogens is 3. The summed E-state index contributed by atoms with van der Waals surface area (Å²) in [4.78, 5) is 2.85. The summed E-state index contributed by atoms with van der Waals surface area (Å²) in [7, 11) is -3.96. The number of hydrogen-bond acceptors (Lipinski definition) is 4. The first-order valence-electron chi connectivity index (χ1n) is 7.58. The zero-order chi connectivity index (χ0) is 18.1. The Morgan fingerprint density at radius 1 is 1.36 bits per heavy atom. The number of anilines is 1. The standard InChI is InChI=1S/C15H13F3N2O4S/c1-19-10-3-2-7(4-9(10)15(16,17)18)20-6-8-12-5-11(21)13(24-12)14(8)25(20,22)23/h2-4,8,11-14,21H,5-6H2/t8-,11-,12-,13+,14-/m0/s1. The Balaban J connectivity index is 1.76. The van der Waals surface area contributed by atoms with Crippen LogP contribution in [0.25, 0.3) is 4.85 Å². The fraction of sp³-hybridized carbons (Fsp3) is 0.533. The Bertz CT molecular complexity index is 880. The van der Waals surface area contributed by atoms with Crippen molar-refractivity contribution in [2.75, 3.05) is 10.8 Å². The molecular weight excluding hydrogens is 361 g/mol. The molecule has 6 nitrogen and oxygen atoms in total. The van der Waals surface area contributed by atoms with Gasteiger partial charge in [0.05, 0.1) is 24.3 Å². The molecule has 1 N–H and O–H groups in total. The molecule has 0 saturated carbocycles. The van der Waals surface area contributed by atoms with Gasteiger partial charge in [0.25, 0.3) is 0 Å². The fourth-order valence-corrected chi connectivity index (χ4v) is 6.43. The SMILES string of the molecule is [C-]#[N+]c1ccc(N2C[C@@H]3[C@@H]([C@@H]4O[C@H]3C[C@@H]4O)S2(=O)=O)cc1C(F)(F)F. The normalized spacial score (nSPS) is 35.6. The molecular formula is C15H13F3N2O4S. The average molecular weight is 374 g/mol. The van der Waals surface area contributed by atoms with Gasteiger partial charge in [-0.15, -0.1) is 0 Å². The predicted octanol–water partition coefficient (Wildman–Crippen LogP) is 1.92. The maximum absolute atomic E-state index is 13.1. The molecule has 1 aromatic carbocycles. The van der Waals surface area contributed by atoms with Gasteiger partial charge in [0.1, 0.15) is 11.4 Å². The van der Waals surface area contributed by atoms with E-state index in [-0.39, 0.29) is 18.2 Å². The minimum Gasteiger partial charge on any atom is -0.390 e. The molecule has 3 saturated heterocycles. The first-order valence-corrected chi connectivity index (χ1v) is 9.08. The summed E-state index contributed by atoms with van der Waals surface area (Å²) in [6.45, 7) is 6.87. The van der Waals surface area contributed by atoms with Crippen LogP contribution in [-0.2, 0) is 20.9 Å². The van der Waals surface area contributed by atoms with Crippen molar-refractivity contribution in [1.29, 1.82) is 0 Å². The van der Waals surface area contributed by atoms with Crippen molar-refractivity contribution in [3.63, 3.8) is 0 Å². The van der Waals surface area contributed by atoms with Crippen molar-refractivity contribution in [3.05, 3.63) is 35.2 Å². The topological polar surface area (TPSA) is 71.2 Å². The van der Waals surface area contributed by atoms with Crippen LogP contribution in [0.2, 0.25) is 0 Å². The Morgan fingerprint density at radius 3 is 2.72 bits per heavy atom. The second kappa shape index (κ2) is 5.09. The van der Waals surface area contributed by atoms with Gasteiger partial charge in [0.15, 0.2) is 5.69 Å². The largest absolute Gasteiger partial charge is 0.407 e. The van der Waals surface area contributed by atoms with Crippen LogP contribution in [-0.4, -0.2) is 43.6 Å². The van der Waals surface area contributed by atoms with Gasteiger partial charge >= 0.3 is 6.18 Å². The average Bonchev–Trinajstić information content (AvgIpc) is 3.15. The minimum absolute atomic E-state index is 0.00947. The summed E-state index contributed by atoms with van der Waals surface area (Å²) in [5.41, 5.74) is -1.86. The van der Waals surface area contributed by atoms with E-state index in [1.807, 2.05) is 0 Å². The molecule has 0 aromatic heterocycles. The minimum atomic E-state index is -4.76. The molecule has 0 aliphatic carbocycles. The van der Waals surface area contributed by atoms with Gasteiger partial charge in [-0.2, -0.15) is 13.2 Å². The Hall–Kier alpha value is -1.83. The summed E-state index contributed by atoms with van der Waals surface area (Å²) >= 11 is 0. The molecule has 3 aliphatic heterocycles. The van der Waals surface area contributed by atoms with Crippen LogP contribution < -0.4 is 4.31 Å². The first-order chi connectivity index (χ1) is 11.6. The molecule has 3 fully saturated rings. The summed E-state index contributed by atoms with van der Waals surface area (Å²) in [6, 6.07) is 2.89. The molecule has 0 spiro atoms. The Labute approximate surface area is 141 Å². The first kappa shape index (κ1) is 16.6. The van der Waals surface area contributed by atoms with Crippen LogP contribution >= 0.6 is 0 Å². The van der Waals surface area contributed by atoms with Crippen LogP contribution in [0.5, 0.6) is 0 Å². The van der Waals surface area contributed by atoms with Crippen LogP contribution in [0.4, 0.5) is 24.5 Å². The number of nitrogens with zero attached hydrogens (tertiary/aromatic N) is 2. The van der Waals surface area contributed by atoms with E-state index in [0.717, 1.165) is 10.4 Å². The highest BCUT2D eigenvalue weighted by Crippen LogP contribution is 2.49. The molecule has 0 unspecified atom stereocenters. The van der Waals surface area contributed by atoms with Gasteiger partial charge in [-0.3, -0.25) is 4.31 Å². The third-order valence-electron chi connectivity index (χ3n) is 5.13. The Morgan fingerprint density at radius 2 is 2.08 bits per heavy atom. The molecule has 25 heavy (non-hydrogen) atoms. The van der Waals surface area contributed by atoms with Crippen molar-refractivity contribution in [2.24, 2.45) is 5.92 Å². The molecule has 3 aliphatic rings. The number of aliphatic hydroxyl groups excluding tert-OH is 1. The number of fused-ring (bicyclic) bond motifs is 5. The van der Waals surface area contributed by atoms with Crippen molar-refractivity contribution >= 4 is 21.4 Å². The van der Waals surface area contributed by atoms with E-state index in [9.17, 15) is 26.7 Å². The maximum Gasteiger partial charge on any atom is 0.407 e. The molecule has 4 rings (SSSR count). The molecule has 134 valence electrons. The highest BCUT2D eigenvalue weighted by molar-refractivity contribution is 7.93.